The topological polar surface area (TPSA) is 56.2 Å². The first-order chi connectivity index (χ1) is 13.6. The van der Waals surface area contributed by atoms with Crippen molar-refractivity contribution >= 4 is 5.91 Å². The van der Waals surface area contributed by atoms with E-state index in [-0.39, 0.29) is 5.91 Å². The number of amides is 1. The zero-order chi connectivity index (χ0) is 19.5. The number of nitrogens with zero attached hydrogens (tertiary/aromatic N) is 2. The van der Waals surface area contributed by atoms with Crippen molar-refractivity contribution in [3.8, 4) is 11.4 Å². The van der Waals surface area contributed by atoms with Crippen molar-refractivity contribution in [2.45, 2.75) is 26.7 Å². The maximum absolute atomic E-state index is 12.6. The molecule has 2 heterocycles. The Morgan fingerprint density at radius 2 is 1.89 bits per heavy atom. The van der Waals surface area contributed by atoms with Gasteiger partial charge in [0, 0.05) is 23.7 Å². The van der Waals surface area contributed by atoms with Crippen molar-refractivity contribution in [1.82, 2.24) is 15.1 Å². The first-order valence-electron chi connectivity index (χ1n) is 9.69. The van der Waals surface area contributed by atoms with Crippen LogP contribution in [0.3, 0.4) is 0 Å². The molecule has 144 valence electrons. The van der Waals surface area contributed by atoms with E-state index in [4.69, 9.17) is 4.74 Å². The highest BCUT2D eigenvalue weighted by Gasteiger charge is 2.21. The smallest absolute Gasteiger partial charge is 0.224 e. The third-order valence-corrected chi connectivity index (χ3v) is 5.32. The Bertz CT molecular complexity index is 979. The summed E-state index contributed by atoms with van der Waals surface area (Å²) in [6, 6.07) is 18.1. The molecule has 1 aliphatic heterocycles. The summed E-state index contributed by atoms with van der Waals surface area (Å²) in [6.45, 7) is 5.24. The molecule has 5 nitrogen and oxygen atoms in total. The largest absolute Gasteiger partial charge is 0.493 e. The minimum Gasteiger partial charge on any atom is -0.493 e. The molecule has 1 unspecified atom stereocenters. The van der Waals surface area contributed by atoms with Crippen molar-refractivity contribution in [3.63, 3.8) is 0 Å². The second kappa shape index (κ2) is 7.89. The van der Waals surface area contributed by atoms with Crippen LogP contribution in [0.4, 0.5) is 0 Å². The SMILES string of the molecule is Cc1nn(-c2ccccc2)c(C)c1CC(=O)NCC1COc2ccccc2C1. The van der Waals surface area contributed by atoms with E-state index >= 15 is 0 Å². The number of aromatic nitrogens is 2. The van der Waals surface area contributed by atoms with Gasteiger partial charge in [0.25, 0.3) is 0 Å². The molecule has 1 atom stereocenters. The van der Waals surface area contributed by atoms with Gasteiger partial charge in [0.15, 0.2) is 0 Å². The van der Waals surface area contributed by atoms with Gasteiger partial charge in [-0.05, 0) is 44.0 Å². The van der Waals surface area contributed by atoms with E-state index in [0.29, 0.717) is 25.5 Å². The van der Waals surface area contributed by atoms with Gasteiger partial charge in [-0.15, -0.1) is 0 Å². The highest BCUT2D eigenvalue weighted by atomic mass is 16.5. The van der Waals surface area contributed by atoms with Gasteiger partial charge in [-0.1, -0.05) is 36.4 Å². The molecule has 1 aliphatic rings. The van der Waals surface area contributed by atoms with Gasteiger partial charge in [0.05, 0.1) is 24.4 Å². The molecule has 0 fully saturated rings. The molecule has 0 radical (unpaired) electrons. The van der Waals surface area contributed by atoms with Crippen molar-refractivity contribution in [3.05, 3.63) is 77.1 Å². The summed E-state index contributed by atoms with van der Waals surface area (Å²) in [7, 11) is 0. The van der Waals surface area contributed by atoms with E-state index in [2.05, 4.69) is 16.5 Å². The monoisotopic (exact) mass is 375 g/mol. The van der Waals surface area contributed by atoms with Gasteiger partial charge >= 0.3 is 0 Å². The molecule has 1 N–H and O–H groups in total. The van der Waals surface area contributed by atoms with Crippen molar-refractivity contribution in [1.29, 1.82) is 0 Å². The molecule has 1 amide bonds. The number of carbonyl (C=O) groups excluding carboxylic acids is 1. The summed E-state index contributed by atoms with van der Waals surface area (Å²) in [5.74, 6) is 1.29. The van der Waals surface area contributed by atoms with Crippen LogP contribution in [0.25, 0.3) is 5.69 Å². The summed E-state index contributed by atoms with van der Waals surface area (Å²) < 4.78 is 7.72. The maximum atomic E-state index is 12.6. The van der Waals surface area contributed by atoms with Gasteiger partial charge in [0.1, 0.15) is 5.75 Å². The van der Waals surface area contributed by atoms with Gasteiger partial charge in [-0.25, -0.2) is 4.68 Å². The van der Waals surface area contributed by atoms with Gasteiger partial charge in [-0.2, -0.15) is 5.10 Å². The number of nitrogens with one attached hydrogen (secondary N) is 1. The molecule has 3 aromatic rings. The Labute approximate surface area is 165 Å². The summed E-state index contributed by atoms with van der Waals surface area (Å²) >= 11 is 0. The van der Waals surface area contributed by atoms with Crippen LogP contribution in [-0.4, -0.2) is 28.8 Å². The van der Waals surface area contributed by atoms with Gasteiger partial charge < -0.3 is 10.1 Å². The average molecular weight is 375 g/mol. The lowest BCUT2D eigenvalue weighted by atomic mass is 9.96. The first kappa shape index (κ1) is 18.3. The number of hydrogen-bond donors (Lipinski definition) is 1. The van der Waals surface area contributed by atoms with E-state index in [9.17, 15) is 4.79 Å². The molecular formula is C23H25N3O2. The zero-order valence-electron chi connectivity index (χ0n) is 16.3. The number of ether oxygens (including phenoxy) is 1. The van der Waals surface area contributed by atoms with E-state index in [0.717, 1.165) is 34.8 Å². The fraction of sp³-hybridized carbons (Fsp3) is 0.304. The van der Waals surface area contributed by atoms with Crippen molar-refractivity contribution in [2.75, 3.05) is 13.2 Å². The first-order valence-corrected chi connectivity index (χ1v) is 9.69. The van der Waals surface area contributed by atoms with Crippen LogP contribution >= 0.6 is 0 Å². The Hall–Kier alpha value is -3.08. The molecule has 28 heavy (non-hydrogen) atoms. The van der Waals surface area contributed by atoms with Crippen LogP contribution < -0.4 is 10.1 Å². The fourth-order valence-electron chi connectivity index (χ4n) is 3.75. The quantitative estimate of drug-likeness (QED) is 0.744. The van der Waals surface area contributed by atoms with Gasteiger partial charge in [0.2, 0.25) is 5.91 Å². The average Bonchev–Trinajstić information content (AvgIpc) is 3.01. The molecule has 5 heteroatoms. The van der Waals surface area contributed by atoms with E-state index < -0.39 is 0 Å². The van der Waals surface area contributed by atoms with Crippen molar-refractivity contribution < 1.29 is 9.53 Å². The number of para-hydroxylation sites is 2. The van der Waals surface area contributed by atoms with Crippen LogP contribution in [-0.2, 0) is 17.6 Å². The molecule has 0 aliphatic carbocycles. The predicted molar refractivity (Wildman–Crippen MR) is 109 cm³/mol. The molecular weight excluding hydrogens is 350 g/mol. The van der Waals surface area contributed by atoms with Gasteiger partial charge in [-0.3, -0.25) is 4.79 Å². The normalized spacial score (nSPS) is 15.6. The third-order valence-electron chi connectivity index (χ3n) is 5.32. The molecule has 4 rings (SSSR count). The highest BCUT2D eigenvalue weighted by molar-refractivity contribution is 5.79. The highest BCUT2D eigenvalue weighted by Crippen LogP contribution is 2.26. The lowest BCUT2D eigenvalue weighted by molar-refractivity contribution is -0.120. The Morgan fingerprint density at radius 1 is 1.14 bits per heavy atom. The Balaban J connectivity index is 1.38. The number of aryl methyl sites for hydroxylation is 1. The fourth-order valence-corrected chi connectivity index (χ4v) is 3.75. The Morgan fingerprint density at radius 3 is 2.71 bits per heavy atom. The molecule has 0 bridgehead atoms. The zero-order valence-corrected chi connectivity index (χ0v) is 16.3. The Kier molecular flexibility index (Phi) is 5.15. The number of rotatable bonds is 5. The van der Waals surface area contributed by atoms with Crippen LogP contribution in [0.2, 0.25) is 0 Å². The second-order valence-electron chi connectivity index (χ2n) is 7.37. The van der Waals surface area contributed by atoms with Crippen molar-refractivity contribution in [2.24, 2.45) is 5.92 Å². The van der Waals surface area contributed by atoms with E-state index in [1.165, 1.54) is 5.56 Å². The minimum atomic E-state index is 0.0256. The van der Waals surface area contributed by atoms with Crippen LogP contribution in [0, 0.1) is 19.8 Å². The molecule has 0 saturated heterocycles. The van der Waals surface area contributed by atoms with E-state index in [1.54, 1.807) is 0 Å². The lowest BCUT2D eigenvalue weighted by Crippen LogP contribution is -2.35. The number of hydrogen-bond acceptors (Lipinski definition) is 3. The summed E-state index contributed by atoms with van der Waals surface area (Å²) in [5.41, 5.74) is 5.11. The molecule has 1 aromatic heterocycles. The number of carbonyl (C=O) groups is 1. The standard InChI is InChI=1S/C23H25N3O2/c1-16-21(17(2)26(25-16)20-9-4-3-5-10-20)13-23(27)24-14-18-12-19-8-6-7-11-22(19)28-15-18/h3-11,18H,12-15H2,1-2H3,(H,24,27). The lowest BCUT2D eigenvalue weighted by Gasteiger charge is -2.25. The molecule has 2 aromatic carbocycles. The van der Waals surface area contributed by atoms with Crippen LogP contribution in [0.1, 0.15) is 22.5 Å². The molecule has 0 spiro atoms. The summed E-state index contributed by atoms with van der Waals surface area (Å²) in [6.07, 6.45) is 1.27. The van der Waals surface area contributed by atoms with Crippen LogP contribution in [0.15, 0.2) is 54.6 Å². The minimum absolute atomic E-state index is 0.0256. The molecule has 0 saturated carbocycles. The van der Waals surface area contributed by atoms with Crippen LogP contribution in [0.5, 0.6) is 5.75 Å². The van der Waals surface area contributed by atoms with E-state index in [1.807, 2.05) is 67.1 Å². The summed E-state index contributed by atoms with van der Waals surface area (Å²) in [4.78, 5) is 12.6. The number of benzene rings is 2. The third kappa shape index (κ3) is 3.79. The number of fused-ring (bicyclic) bond motifs is 1. The summed E-state index contributed by atoms with van der Waals surface area (Å²) in [5, 5.41) is 7.70. The predicted octanol–water partition coefficient (Wildman–Crippen LogP) is 3.40. The maximum Gasteiger partial charge on any atom is 0.224 e. The second-order valence-corrected chi connectivity index (χ2v) is 7.37.